The van der Waals surface area contributed by atoms with Crippen LogP contribution < -0.4 is 15.0 Å². The number of nitrogens with zero attached hydrogens (tertiary/aromatic N) is 4. The zero-order valence-corrected chi connectivity index (χ0v) is 21.7. The van der Waals surface area contributed by atoms with E-state index in [9.17, 15) is 4.79 Å². The summed E-state index contributed by atoms with van der Waals surface area (Å²) in [6, 6.07) is 16.0. The standard InChI is InChI=1S/C27H35N5O2S/c1-20(2)13-16-32-25(18-34-23-9-5-4-6-10-23)29-30-27(32)35-19-26(33)28-24-12-11-22(17-21(24)3)31-14-7-8-15-31/h4-6,9-12,17,20H,7-8,13-16,18-19H2,1-3H3,(H,28,33). The lowest BCUT2D eigenvalue weighted by molar-refractivity contribution is -0.113. The molecule has 8 heteroatoms. The molecule has 2 aromatic carbocycles. The Morgan fingerprint density at radius 1 is 1.11 bits per heavy atom. The SMILES string of the molecule is Cc1cc(N2CCCC2)ccc1NC(=O)CSc1nnc(COc2ccccc2)n1CCC(C)C. The maximum absolute atomic E-state index is 12.7. The monoisotopic (exact) mass is 493 g/mol. The molecule has 0 spiro atoms. The number of nitrogens with one attached hydrogen (secondary N) is 1. The third-order valence-corrected chi connectivity index (χ3v) is 7.09. The number of thioether (sulfide) groups is 1. The summed E-state index contributed by atoms with van der Waals surface area (Å²) in [5.74, 6) is 2.34. The van der Waals surface area contributed by atoms with Crippen molar-refractivity contribution >= 4 is 29.0 Å². The summed E-state index contributed by atoms with van der Waals surface area (Å²) in [7, 11) is 0. The molecule has 0 bridgehead atoms. The number of hydrogen-bond donors (Lipinski definition) is 1. The molecule has 0 radical (unpaired) electrons. The maximum Gasteiger partial charge on any atom is 0.234 e. The summed E-state index contributed by atoms with van der Waals surface area (Å²) < 4.78 is 7.98. The quantitative estimate of drug-likeness (QED) is 0.354. The smallest absolute Gasteiger partial charge is 0.234 e. The van der Waals surface area contributed by atoms with E-state index in [2.05, 4.69) is 51.0 Å². The van der Waals surface area contributed by atoms with Gasteiger partial charge < -0.3 is 19.5 Å². The molecular formula is C27H35N5O2S. The average molecular weight is 494 g/mol. The molecule has 0 unspecified atom stereocenters. The highest BCUT2D eigenvalue weighted by Gasteiger charge is 2.17. The molecule has 35 heavy (non-hydrogen) atoms. The number of carbonyl (C=O) groups is 1. The Morgan fingerprint density at radius 3 is 2.60 bits per heavy atom. The van der Waals surface area contributed by atoms with E-state index in [0.717, 1.165) is 54.0 Å². The van der Waals surface area contributed by atoms with Crippen molar-refractivity contribution in [2.24, 2.45) is 5.92 Å². The van der Waals surface area contributed by atoms with E-state index in [0.29, 0.717) is 12.5 Å². The number of carbonyl (C=O) groups excluding carboxylic acids is 1. The second kappa shape index (κ2) is 12.1. The van der Waals surface area contributed by atoms with Gasteiger partial charge in [-0.1, -0.05) is 43.8 Å². The highest BCUT2D eigenvalue weighted by Crippen LogP contribution is 2.26. The number of aromatic nitrogens is 3. The molecule has 7 nitrogen and oxygen atoms in total. The topological polar surface area (TPSA) is 72.3 Å². The van der Waals surface area contributed by atoms with Crippen molar-refractivity contribution in [3.63, 3.8) is 0 Å². The van der Waals surface area contributed by atoms with Gasteiger partial charge >= 0.3 is 0 Å². The fourth-order valence-electron chi connectivity index (χ4n) is 4.09. The molecule has 1 aliphatic rings. The lowest BCUT2D eigenvalue weighted by Crippen LogP contribution is -2.19. The van der Waals surface area contributed by atoms with Gasteiger partial charge in [0.05, 0.1) is 5.75 Å². The van der Waals surface area contributed by atoms with E-state index in [4.69, 9.17) is 4.74 Å². The highest BCUT2D eigenvalue weighted by atomic mass is 32.2. The first-order valence-corrected chi connectivity index (χ1v) is 13.4. The number of anilines is 2. The average Bonchev–Trinajstić information content (AvgIpc) is 3.52. The van der Waals surface area contributed by atoms with Crippen LogP contribution in [0.4, 0.5) is 11.4 Å². The molecule has 0 atom stereocenters. The predicted octanol–water partition coefficient (Wildman–Crippen LogP) is 5.54. The summed E-state index contributed by atoms with van der Waals surface area (Å²) in [5, 5.41) is 12.5. The van der Waals surface area contributed by atoms with Crippen LogP contribution in [-0.2, 0) is 17.9 Å². The number of benzene rings is 2. The van der Waals surface area contributed by atoms with Crippen LogP contribution in [0.15, 0.2) is 53.7 Å². The molecule has 1 aliphatic heterocycles. The van der Waals surface area contributed by atoms with E-state index < -0.39 is 0 Å². The van der Waals surface area contributed by atoms with Crippen LogP contribution in [0.1, 0.15) is 44.5 Å². The second-order valence-electron chi connectivity index (χ2n) is 9.36. The first-order chi connectivity index (χ1) is 17.0. The van der Waals surface area contributed by atoms with Gasteiger partial charge in [-0.25, -0.2) is 0 Å². The summed E-state index contributed by atoms with van der Waals surface area (Å²) >= 11 is 1.41. The Morgan fingerprint density at radius 2 is 1.89 bits per heavy atom. The normalized spacial score (nSPS) is 13.4. The molecule has 1 aromatic heterocycles. The van der Waals surface area contributed by atoms with Crippen LogP contribution in [-0.4, -0.2) is 39.5 Å². The zero-order valence-electron chi connectivity index (χ0n) is 20.9. The fourth-order valence-corrected chi connectivity index (χ4v) is 4.87. The summed E-state index contributed by atoms with van der Waals surface area (Å²) in [5.41, 5.74) is 3.17. The molecule has 1 amide bonds. The van der Waals surface area contributed by atoms with Crippen molar-refractivity contribution in [3.05, 3.63) is 59.9 Å². The van der Waals surface area contributed by atoms with Crippen LogP contribution >= 0.6 is 11.8 Å². The molecule has 1 fully saturated rings. The number of rotatable bonds is 11. The molecule has 0 aliphatic carbocycles. The van der Waals surface area contributed by atoms with Crippen LogP contribution in [0.25, 0.3) is 0 Å². The Kier molecular flexibility index (Phi) is 8.69. The zero-order chi connectivity index (χ0) is 24.6. The van der Waals surface area contributed by atoms with E-state index in [1.807, 2.05) is 43.3 Å². The first kappa shape index (κ1) is 25.1. The summed E-state index contributed by atoms with van der Waals surface area (Å²) in [6.07, 6.45) is 3.49. The lowest BCUT2D eigenvalue weighted by Gasteiger charge is -2.19. The lowest BCUT2D eigenvalue weighted by atomic mass is 10.1. The number of hydrogen-bond acceptors (Lipinski definition) is 6. The molecule has 0 saturated carbocycles. The number of amides is 1. The molecule has 186 valence electrons. The van der Waals surface area contributed by atoms with Crippen molar-refractivity contribution in [1.29, 1.82) is 0 Å². The molecular weight excluding hydrogens is 458 g/mol. The van der Waals surface area contributed by atoms with Crippen LogP contribution in [0.3, 0.4) is 0 Å². The van der Waals surface area contributed by atoms with E-state index in [1.165, 1.54) is 30.3 Å². The minimum Gasteiger partial charge on any atom is -0.486 e. The third-order valence-electron chi connectivity index (χ3n) is 6.12. The van der Waals surface area contributed by atoms with Gasteiger partial charge in [0, 0.05) is 31.0 Å². The molecule has 1 N–H and O–H groups in total. The highest BCUT2D eigenvalue weighted by molar-refractivity contribution is 7.99. The predicted molar refractivity (Wildman–Crippen MR) is 142 cm³/mol. The van der Waals surface area contributed by atoms with Gasteiger partial charge in [-0.3, -0.25) is 4.79 Å². The van der Waals surface area contributed by atoms with Gasteiger partial charge in [-0.05, 0) is 68.0 Å². The fraction of sp³-hybridized carbons (Fsp3) is 0.444. The largest absolute Gasteiger partial charge is 0.486 e. The number of ether oxygens (including phenoxy) is 1. The van der Waals surface area contributed by atoms with Gasteiger partial charge in [-0.2, -0.15) is 0 Å². The van der Waals surface area contributed by atoms with Gasteiger partial charge in [0.25, 0.3) is 0 Å². The van der Waals surface area contributed by atoms with Crippen molar-refractivity contribution in [2.75, 3.05) is 29.1 Å². The molecule has 2 heterocycles. The molecule has 3 aromatic rings. The van der Waals surface area contributed by atoms with Crippen LogP contribution in [0.5, 0.6) is 5.75 Å². The number of aryl methyl sites for hydroxylation is 1. The van der Waals surface area contributed by atoms with Crippen LogP contribution in [0, 0.1) is 12.8 Å². The third kappa shape index (κ3) is 7.01. The first-order valence-electron chi connectivity index (χ1n) is 12.4. The Balaban J connectivity index is 1.37. The van der Waals surface area contributed by atoms with Crippen molar-refractivity contribution in [2.45, 2.75) is 58.3 Å². The van der Waals surface area contributed by atoms with Gasteiger partial charge in [-0.15, -0.1) is 10.2 Å². The van der Waals surface area contributed by atoms with E-state index in [1.54, 1.807) is 0 Å². The van der Waals surface area contributed by atoms with Crippen molar-refractivity contribution in [1.82, 2.24) is 14.8 Å². The van der Waals surface area contributed by atoms with E-state index in [-0.39, 0.29) is 11.7 Å². The van der Waals surface area contributed by atoms with E-state index >= 15 is 0 Å². The van der Waals surface area contributed by atoms with Crippen molar-refractivity contribution in [3.8, 4) is 5.75 Å². The maximum atomic E-state index is 12.7. The number of para-hydroxylation sites is 1. The molecule has 4 rings (SSSR count). The van der Waals surface area contributed by atoms with Crippen LogP contribution in [0.2, 0.25) is 0 Å². The Hall–Kier alpha value is -3.00. The molecule has 1 saturated heterocycles. The van der Waals surface area contributed by atoms with Gasteiger partial charge in [0.15, 0.2) is 11.0 Å². The Bertz CT molecular complexity index is 1110. The van der Waals surface area contributed by atoms with Gasteiger partial charge in [0.1, 0.15) is 12.4 Å². The summed E-state index contributed by atoms with van der Waals surface area (Å²) in [4.78, 5) is 15.1. The summed E-state index contributed by atoms with van der Waals surface area (Å²) in [6.45, 7) is 9.78. The second-order valence-corrected chi connectivity index (χ2v) is 10.3. The minimum absolute atomic E-state index is 0.0486. The Labute approximate surface area is 212 Å². The van der Waals surface area contributed by atoms with Gasteiger partial charge in [0.2, 0.25) is 5.91 Å². The minimum atomic E-state index is -0.0486. The van der Waals surface area contributed by atoms with Crippen molar-refractivity contribution < 1.29 is 9.53 Å².